The van der Waals surface area contributed by atoms with Crippen molar-refractivity contribution in [3.05, 3.63) is 35.4 Å². The van der Waals surface area contributed by atoms with E-state index >= 15 is 0 Å². The van der Waals surface area contributed by atoms with E-state index in [1.54, 1.807) is 12.1 Å². The summed E-state index contributed by atoms with van der Waals surface area (Å²) in [5, 5.41) is 0. The van der Waals surface area contributed by atoms with Gasteiger partial charge in [-0.2, -0.15) is 13.2 Å². The Balaban J connectivity index is 1.90. The number of alkyl halides is 3. The summed E-state index contributed by atoms with van der Waals surface area (Å²) in [7, 11) is 0. The van der Waals surface area contributed by atoms with Gasteiger partial charge in [0.25, 0.3) is 0 Å². The van der Waals surface area contributed by atoms with Gasteiger partial charge in [0.2, 0.25) is 5.91 Å². The zero-order chi connectivity index (χ0) is 16.3. The predicted octanol–water partition coefficient (Wildman–Crippen LogP) is 1.70. The van der Waals surface area contributed by atoms with E-state index in [0.29, 0.717) is 5.56 Å². The highest BCUT2D eigenvalue weighted by atomic mass is 19.4. The van der Waals surface area contributed by atoms with Crippen molar-refractivity contribution in [3.8, 4) is 0 Å². The molecule has 0 bridgehead atoms. The van der Waals surface area contributed by atoms with Crippen LogP contribution in [-0.4, -0.2) is 54.6 Å². The average Bonchev–Trinajstić information content (AvgIpc) is 2.46. The number of nitrogens with zero attached hydrogens (tertiary/aromatic N) is 2. The maximum absolute atomic E-state index is 12.3. The second-order valence-corrected chi connectivity index (χ2v) is 5.60. The number of aryl methyl sites for hydroxylation is 1. The molecule has 2 N–H and O–H groups in total. The molecule has 1 saturated heterocycles. The topological polar surface area (TPSA) is 49.6 Å². The molecule has 22 heavy (non-hydrogen) atoms. The highest BCUT2D eigenvalue weighted by Crippen LogP contribution is 2.19. The van der Waals surface area contributed by atoms with Crippen LogP contribution in [0.15, 0.2) is 24.3 Å². The highest BCUT2D eigenvalue weighted by molar-refractivity contribution is 5.83. The molecule has 122 valence electrons. The quantitative estimate of drug-likeness (QED) is 0.924. The number of hydrogen-bond acceptors (Lipinski definition) is 3. The van der Waals surface area contributed by atoms with Gasteiger partial charge < -0.3 is 10.6 Å². The maximum Gasteiger partial charge on any atom is 0.401 e. The van der Waals surface area contributed by atoms with Crippen LogP contribution < -0.4 is 5.73 Å². The van der Waals surface area contributed by atoms with Gasteiger partial charge in [-0.05, 0) is 12.5 Å². The summed E-state index contributed by atoms with van der Waals surface area (Å²) in [4.78, 5) is 15.2. The van der Waals surface area contributed by atoms with E-state index in [-0.39, 0.29) is 32.1 Å². The van der Waals surface area contributed by atoms with Gasteiger partial charge in [0.05, 0.1) is 6.54 Å². The fourth-order valence-corrected chi connectivity index (χ4v) is 2.49. The molecule has 1 heterocycles. The van der Waals surface area contributed by atoms with Crippen molar-refractivity contribution in [1.82, 2.24) is 9.80 Å². The van der Waals surface area contributed by atoms with Gasteiger partial charge in [0, 0.05) is 26.2 Å². The lowest BCUT2D eigenvalue weighted by Gasteiger charge is -2.36. The number of amides is 1. The highest BCUT2D eigenvalue weighted by Gasteiger charge is 2.33. The van der Waals surface area contributed by atoms with E-state index in [9.17, 15) is 18.0 Å². The molecule has 1 fully saturated rings. The van der Waals surface area contributed by atoms with Gasteiger partial charge in [-0.15, -0.1) is 0 Å². The molecule has 2 rings (SSSR count). The third-order valence-electron chi connectivity index (χ3n) is 3.79. The first-order chi connectivity index (χ1) is 10.3. The van der Waals surface area contributed by atoms with E-state index in [1.807, 2.05) is 19.1 Å². The molecule has 0 radical (unpaired) electrons. The Bertz CT molecular complexity index is 508. The van der Waals surface area contributed by atoms with Crippen molar-refractivity contribution >= 4 is 5.91 Å². The average molecular weight is 315 g/mol. The molecule has 0 aliphatic carbocycles. The van der Waals surface area contributed by atoms with Gasteiger partial charge in [-0.3, -0.25) is 9.69 Å². The van der Waals surface area contributed by atoms with Gasteiger partial charge in [-0.25, -0.2) is 0 Å². The van der Waals surface area contributed by atoms with Crippen molar-refractivity contribution in [2.45, 2.75) is 19.1 Å². The first-order valence-corrected chi connectivity index (χ1v) is 7.16. The van der Waals surface area contributed by atoms with Gasteiger partial charge in [0.15, 0.2) is 0 Å². The Morgan fingerprint density at radius 1 is 1.18 bits per heavy atom. The van der Waals surface area contributed by atoms with E-state index in [2.05, 4.69) is 0 Å². The third-order valence-corrected chi connectivity index (χ3v) is 3.79. The largest absolute Gasteiger partial charge is 0.401 e. The van der Waals surface area contributed by atoms with Crippen LogP contribution in [0.25, 0.3) is 0 Å². The molecule has 0 saturated carbocycles. The third kappa shape index (κ3) is 4.45. The summed E-state index contributed by atoms with van der Waals surface area (Å²) < 4.78 is 37.0. The van der Waals surface area contributed by atoms with Crippen LogP contribution in [0.4, 0.5) is 13.2 Å². The summed E-state index contributed by atoms with van der Waals surface area (Å²) in [6, 6.07) is 6.60. The predicted molar refractivity (Wildman–Crippen MR) is 77.2 cm³/mol. The summed E-state index contributed by atoms with van der Waals surface area (Å²) in [6.45, 7) is 1.98. The molecule has 1 unspecified atom stereocenters. The minimum Gasteiger partial charge on any atom is -0.338 e. The van der Waals surface area contributed by atoms with Crippen molar-refractivity contribution in [1.29, 1.82) is 0 Å². The standard InChI is InChI=1S/C15H20F3N3O/c1-11-2-4-12(5-3-11)13(19)14(22)21-8-6-20(7-9-21)10-15(16,17)18/h2-5,13H,6-10,19H2,1H3. The van der Waals surface area contributed by atoms with Crippen molar-refractivity contribution in [3.63, 3.8) is 0 Å². The Morgan fingerprint density at radius 2 is 1.73 bits per heavy atom. The number of hydrogen-bond donors (Lipinski definition) is 1. The van der Waals surface area contributed by atoms with Gasteiger partial charge >= 0.3 is 6.18 Å². The molecule has 1 aromatic carbocycles. The van der Waals surface area contributed by atoms with Crippen LogP contribution >= 0.6 is 0 Å². The van der Waals surface area contributed by atoms with Crippen LogP contribution in [0.2, 0.25) is 0 Å². The number of carbonyl (C=O) groups excluding carboxylic acids is 1. The summed E-state index contributed by atoms with van der Waals surface area (Å²) in [5.74, 6) is -0.240. The number of piperazine rings is 1. The molecule has 1 atom stereocenters. The summed E-state index contributed by atoms with van der Waals surface area (Å²) in [5.41, 5.74) is 7.76. The van der Waals surface area contributed by atoms with Crippen LogP contribution in [-0.2, 0) is 4.79 Å². The minimum absolute atomic E-state index is 0.214. The molecule has 0 spiro atoms. The molecule has 1 aromatic rings. The van der Waals surface area contributed by atoms with E-state index in [0.717, 1.165) is 5.56 Å². The lowest BCUT2D eigenvalue weighted by molar-refractivity contribution is -0.152. The van der Waals surface area contributed by atoms with Crippen LogP contribution in [0.3, 0.4) is 0 Å². The Hall–Kier alpha value is -1.60. The van der Waals surface area contributed by atoms with E-state index in [1.165, 1.54) is 9.80 Å². The van der Waals surface area contributed by atoms with Crippen molar-refractivity contribution < 1.29 is 18.0 Å². The minimum atomic E-state index is -4.20. The van der Waals surface area contributed by atoms with Crippen molar-refractivity contribution in [2.75, 3.05) is 32.7 Å². The van der Waals surface area contributed by atoms with Gasteiger partial charge in [-0.1, -0.05) is 29.8 Å². The fourth-order valence-electron chi connectivity index (χ4n) is 2.49. The van der Waals surface area contributed by atoms with Crippen LogP contribution in [0.1, 0.15) is 17.2 Å². The van der Waals surface area contributed by atoms with Crippen molar-refractivity contribution in [2.24, 2.45) is 5.73 Å². The molecular weight excluding hydrogens is 295 g/mol. The smallest absolute Gasteiger partial charge is 0.338 e. The fraction of sp³-hybridized carbons (Fsp3) is 0.533. The molecule has 4 nitrogen and oxygen atoms in total. The number of nitrogens with two attached hydrogens (primary N) is 1. The van der Waals surface area contributed by atoms with Gasteiger partial charge in [0.1, 0.15) is 6.04 Å². The number of carbonyl (C=O) groups is 1. The molecule has 1 amide bonds. The Kier molecular flexibility index (Phi) is 5.08. The first kappa shape index (κ1) is 16.8. The zero-order valence-corrected chi connectivity index (χ0v) is 12.4. The summed E-state index contributed by atoms with van der Waals surface area (Å²) >= 11 is 0. The SMILES string of the molecule is Cc1ccc(C(N)C(=O)N2CCN(CC(F)(F)F)CC2)cc1. The number of rotatable bonds is 3. The number of halogens is 3. The monoisotopic (exact) mass is 315 g/mol. The van der Waals surface area contributed by atoms with Crippen LogP contribution in [0, 0.1) is 6.92 Å². The molecule has 0 aromatic heterocycles. The first-order valence-electron chi connectivity index (χ1n) is 7.16. The summed E-state index contributed by atoms with van der Waals surface area (Å²) in [6.07, 6.45) is -4.20. The second kappa shape index (κ2) is 6.66. The number of benzene rings is 1. The maximum atomic E-state index is 12.3. The second-order valence-electron chi connectivity index (χ2n) is 5.60. The lowest BCUT2D eigenvalue weighted by atomic mass is 10.0. The molecule has 7 heteroatoms. The normalized spacial score (nSPS) is 18.3. The Morgan fingerprint density at radius 3 is 2.23 bits per heavy atom. The van der Waals surface area contributed by atoms with Crippen LogP contribution in [0.5, 0.6) is 0 Å². The molecule has 1 aliphatic rings. The zero-order valence-electron chi connectivity index (χ0n) is 12.4. The Labute approximate surface area is 127 Å². The lowest BCUT2D eigenvalue weighted by Crippen LogP contribution is -2.52. The van der Waals surface area contributed by atoms with E-state index < -0.39 is 18.8 Å². The van der Waals surface area contributed by atoms with E-state index in [4.69, 9.17) is 5.73 Å². The molecule has 1 aliphatic heterocycles. The molecular formula is C15H20F3N3O.